The molecule has 25 heavy (non-hydrogen) atoms. The summed E-state index contributed by atoms with van der Waals surface area (Å²) in [5, 5.41) is 4.10. The minimum absolute atomic E-state index is 0.0945. The topological polar surface area (TPSA) is 72.4 Å². The van der Waals surface area contributed by atoms with Crippen LogP contribution in [-0.4, -0.2) is 29.1 Å². The highest BCUT2D eigenvalue weighted by molar-refractivity contribution is 5.94. The molecule has 0 saturated carbocycles. The number of carbonyl (C=O) groups excluding carboxylic acids is 1. The van der Waals surface area contributed by atoms with Gasteiger partial charge in [0, 0.05) is 30.1 Å². The van der Waals surface area contributed by atoms with Crippen LogP contribution in [0.5, 0.6) is 0 Å². The predicted molar refractivity (Wildman–Crippen MR) is 98.7 cm³/mol. The Balaban J connectivity index is 1.64. The zero-order chi connectivity index (χ0) is 18.2. The molecule has 1 fully saturated rings. The molecular formula is C20H27N3O2. The number of hydrogen-bond acceptors (Lipinski definition) is 4. The molecule has 0 unspecified atom stereocenters. The first-order valence-corrected chi connectivity index (χ1v) is 8.89. The van der Waals surface area contributed by atoms with Gasteiger partial charge in [0.05, 0.1) is 5.69 Å². The number of rotatable bonds is 2. The van der Waals surface area contributed by atoms with Gasteiger partial charge in [-0.1, -0.05) is 38.1 Å². The first-order valence-electron chi connectivity index (χ1n) is 8.89. The Hall–Kier alpha value is -2.30. The standard InChI is InChI=1S/C20H27N3O2/c1-13-17(22-25-18(13)21)14-9-11-23(12-10-14)19(24)15-5-7-16(8-6-15)20(2,3)4/h5-8,14H,9-12,21H2,1-4H3. The number of hydrogen-bond donors (Lipinski definition) is 1. The molecule has 1 aromatic carbocycles. The van der Waals surface area contributed by atoms with Gasteiger partial charge in [-0.15, -0.1) is 0 Å². The molecule has 5 nitrogen and oxygen atoms in total. The molecule has 0 aliphatic carbocycles. The second-order valence-corrected chi connectivity index (χ2v) is 7.95. The van der Waals surface area contributed by atoms with Crippen molar-refractivity contribution in [2.45, 2.75) is 51.9 Å². The lowest BCUT2D eigenvalue weighted by molar-refractivity contribution is 0.0711. The van der Waals surface area contributed by atoms with Crippen LogP contribution in [0, 0.1) is 6.92 Å². The number of carbonyl (C=O) groups is 1. The highest BCUT2D eigenvalue weighted by Crippen LogP contribution is 2.32. The van der Waals surface area contributed by atoms with Crippen LogP contribution in [0.4, 0.5) is 5.88 Å². The molecule has 1 amide bonds. The monoisotopic (exact) mass is 341 g/mol. The predicted octanol–water partition coefficient (Wildman–Crippen LogP) is 3.88. The summed E-state index contributed by atoms with van der Waals surface area (Å²) >= 11 is 0. The third-order valence-corrected chi connectivity index (χ3v) is 5.16. The number of anilines is 1. The molecule has 2 aromatic rings. The summed E-state index contributed by atoms with van der Waals surface area (Å²) in [6.45, 7) is 9.93. The van der Waals surface area contributed by atoms with E-state index in [0.29, 0.717) is 11.8 Å². The van der Waals surface area contributed by atoms with E-state index in [-0.39, 0.29) is 11.3 Å². The van der Waals surface area contributed by atoms with Gasteiger partial charge in [0.1, 0.15) is 0 Å². The molecule has 0 atom stereocenters. The summed E-state index contributed by atoms with van der Waals surface area (Å²) in [6, 6.07) is 8.00. The van der Waals surface area contributed by atoms with E-state index >= 15 is 0 Å². The molecule has 3 rings (SSSR count). The van der Waals surface area contributed by atoms with E-state index in [1.165, 1.54) is 5.56 Å². The summed E-state index contributed by atoms with van der Waals surface area (Å²) in [7, 11) is 0. The number of nitrogen functional groups attached to an aromatic ring is 1. The molecular weight excluding hydrogens is 314 g/mol. The molecule has 0 radical (unpaired) electrons. The van der Waals surface area contributed by atoms with Crippen molar-refractivity contribution in [1.29, 1.82) is 0 Å². The van der Waals surface area contributed by atoms with Gasteiger partial charge < -0.3 is 15.2 Å². The lowest BCUT2D eigenvalue weighted by Crippen LogP contribution is -2.38. The van der Waals surface area contributed by atoms with Gasteiger partial charge in [-0.25, -0.2) is 0 Å². The maximum Gasteiger partial charge on any atom is 0.253 e. The number of nitrogens with two attached hydrogens (primary N) is 1. The van der Waals surface area contributed by atoms with Gasteiger partial charge in [-0.2, -0.15) is 0 Å². The van der Waals surface area contributed by atoms with Crippen LogP contribution in [0.25, 0.3) is 0 Å². The lowest BCUT2D eigenvalue weighted by Gasteiger charge is -2.31. The molecule has 1 saturated heterocycles. The van der Waals surface area contributed by atoms with E-state index in [9.17, 15) is 4.79 Å². The van der Waals surface area contributed by atoms with Crippen LogP contribution in [0.2, 0.25) is 0 Å². The van der Waals surface area contributed by atoms with Crippen LogP contribution < -0.4 is 5.73 Å². The fraction of sp³-hybridized carbons (Fsp3) is 0.500. The van der Waals surface area contributed by atoms with E-state index in [4.69, 9.17) is 10.3 Å². The Bertz CT molecular complexity index is 748. The van der Waals surface area contributed by atoms with Crippen LogP contribution in [-0.2, 0) is 5.41 Å². The number of benzene rings is 1. The van der Waals surface area contributed by atoms with Crippen LogP contribution in [0.15, 0.2) is 28.8 Å². The Morgan fingerprint density at radius 2 is 1.80 bits per heavy atom. The number of likely N-dealkylation sites (tertiary alicyclic amines) is 1. The lowest BCUT2D eigenvalue weighted by atomic mass is 9.86. The van der Waals surface area contributed by atoms with Crippen molar-refractivity contribution in [3.05, 3.63) is 46.6 Å². The van der Waals surface area contributed by atoms with Gasteiger partial charge >= 0.3 is 0 Å². The first-order chi connectivity index (χ1) is 11.8. The third-order valence-electron chi connectivity index (χ3n) is 5.16. The fourth-order valence-corrected chi connectivity index (χ4v) is 3.39. The smallest absolute Gasteiger partial charge is 0.253 e. The van der Waals surface area contributed by atoms with Crippen molar-refractivity contribution in [3.8, 4) is 0 Å². The largest absolute Gasteiger partial charge is 0.367 e. The highest BCUT2D eigenvalue weighted by Gasteiger charge is 2.28. The van der Waals surface area contributed by atoms with E-state index in [1.54, 1.807) is 0 Å². The molecule has 1 aliphatic rings. The molecule has 134 valence electrons. The maximum atomic E-state index is 12.7. The minimum Gasteiger partial charge on any atom is -0.367 e. The summed E-state index contributed by atoms with van der Waals surface area (Å²) in [6.07, 6.45) is 1.78. The zero-order valence-corrected chi connectivity index (χ0v) is 15.5. The molecule has 1 aromatic heterocycles. The van der Waals surface area contributed by atoms with E-state index in [0.717, 1.165) is 42.8 Å². The second-order valence-electron chi connectivity index (χ2n) is 7.95. The Kier molecular flexibility index (Phi) is 4.58. The van der Waals surface area contributed by atoms with Crippen molar-refractivity contribution >= 4 is 11.8 Å². The van der Waals surface area contributed by atoms with Gasteiger partial charge in [-0.3, -0.25) is 4.79 Å². The fourth-order valence-electron chi connectivity index (χ4n) is 3.39. The summed E-state index contributed by atoms with van der Waals surface area (Å²) in [5.41, 5.74) is 9.71. The number of aromatic nitrogens is 1. The number of amides is 1. The molecule has 0 spiro atoms. The van der Waals surface area contributed by atoms with Crippen LogP contribution in [0.3, 0.4) is 0 Å². The molecule has 1 aliphatic heterocycles. The average molecular weight is 341 g/mol. The summed E-state index contributed by atoms with van der Waals surface area (Å²) in [5.74, 6) is 0.816. The molecule has 2 N–H and O–H groups in total. The van der Waals surface area contributed by atoms with Crippen LogP contribution in [0.1, 0.15) is 66.7 Å². The molecule has 0 bridgehead atoms. The minimum atomic E-state index is 0.0945. The first kappa shape index (κ1) is 17.5. The van der Waals surface area contributed by atoms with Crippen molar-refractivity contribution in [2.24, 2.45) is 0 Å². The van der Waals surface area contributed by atoms with Crippen molar-refractivity contribution < 1.29 is 9.32 Å². The normalized spacial score (nSPS) is 16.2. The Morgan fingerprint density at radius 3 is 2.28 bits per heavy atom. The Labute approximate surface area is 149 Å². The SMILES string of the molecule is Cc1c(C2CCN(C(=O)c3ccc(C(C)(C)C)cc3)CC2)noc1N. The van der Waals surface area contributed by atoms with Crippen molar-refractivity contribution in [3.63, 3.8) is 0 Å². The Morgan fingerprint density at radius 1 is 1.20 bits per heavy atom. The number of piperidine rings is 1. The van der Waals surface area contributed by atoms with E-state index in [2.05, 4.69) is 38.1 Å². The molecule has 5 heteroatoms. The summed E-state index contributed by atoms with van der Waals surface area (Å²) < 4.78 is 5.08. The van der Waals surface area contributed by atoms with Crippen molar-refractivity contribution in [2.75, 3.05) is 18.8 Å². The van der Waals surface area contributed by atoms with E-state index in [1.807, 2.05) is 24.0 Å². The van der Waals surface area contributed by atoms with Crippen LogP contribution >= 0.6 is 0 Å². The number of nitrogens with zero attached hydrogens (tertiary/aromatic N) is 2. The van der Waals surface area contributed by atoms with Gasteiger partial charge in [0.25, 0.3) is 5.91 Å². The average Bonchev–Trinajstić information content (AvgIpc) is 2.93. The molecule has 2 heterocycles. The summed E-state index contributed by atoms with van der Waals surface area (Å²) in [4.78, 5) is 14.7. The highest BCUT2D eigenvalue weighted by atomic mass is 16.5. The second kappa shape index (κ2) is 6.54. The third kappa shape index (κ3) is 3.55. The maximum absolute atomic E-state index is 12.7. The zero-order valence-electron chi connectivity index (χ0n) is 15.5. The quantitative estimate of drug-likeness (QED) is 0.899. The van der Waals surface area contributed by atoms with Gasteiger partial charge in [-0.05, 0) is 42.9 Å². The van der Waals surface area contributed by atoms with Gasteiger partial charge in [0.15, 0.2) is 0 Å². The van der Waals surface area contributed by atoms with E-state index < -0.39 is 0 Å². The van der Waals surface area contributed by atoms with Crippen molar-refractivity contribution in [1.82, 2.24) is 10.1 Å². The van der Waals surface area contributed by atoms with Gasteiger partial charge in [0.2, 0.25) is 5.88 Å².